The molecule has 1 aromatic heterocycles. The Kier molecular flexibility index (Phi) is 6.98. The van der Waals surface area contributed by atoms with E-state index in [0.717, 1.165) is 17.9 Å². The van der Waals surface area contributed by atoms with Crippen LogP contribution in [0.5, 0.6) is 5.75 Å². The Bertz CT molecular complexity index is 1010. The molecule has 0 bridgehead atoms. The van der Waals surface area contributed by atoms with Crippen LogP contribution in [0.25, 0.3) is 0 Å². The first-order valence-electron chi connectivity index (χ1n) is 8.63. The molecule has 0 aliphatic rings. The van der Waals surface area contributed by atoms with Gasteiger partial charge in [-0.3, -0.25) is 0 Å². The third-order valence-corrected chi connectivity index (χ3v) is 6.94. The van der Waals surface area contributed by atoms with Gasteiger partial charge in [-0.15, -0.1) is 10.2 Å². The molecule has 6 nitrogen and oxygen atoms in total. The highest BCUT2D eigenvalue weighted by atomic mass is 35.5. The lowest BCUT2D eigenvalue weighted by Crippen LogP contribution is -2.09. The molecule has 0 fully saturated rings. The van der Waals surface area contributed by atoms with Gasteiger partial charge in [-0.1, -0.05) is 41.6 Å². The minimum Gasteiger partial charge on any atom is -0.494 e. The van der Waals surface area contributed by atoms with Gasteiger partial charge in [0.15, 0.2) is 15.0 Å². The zero-order valence-corrected chi connectivity index (χ0v) is 17.7. The summed E-state index contributed by atoms with van der Waals surface area (Å²) in [5, 5.41) is 9.53. The Morgan fingerprint density at radius 1 is 1.07 bits per heavy atom. The summed E-state index contributed by atoms with van der Waals surface area (Å²) in [5.74, 6) is 1.80. The lowest BCUT2D eigenvalue weighted by molar-refractivity contribution is 0.318. The molecule has 0 unspecified atom stereocenters. The summed E-state index contributed by atoms with van der Waals surface area (Å²) in [4.78, 5) is 0.284. The van der Waals surface area contributed by atoms with Crippen LogP contribution in [0.4, 0.5) is 0 Å². The number of ether oxygens (including phenoxy) is 1. The van der Waals surface area contributed by atoms with E-state index in [9.17, 15) is 8.42 Å². The van der Waals surface area contributed by atoms with Crippen molar-refractivity contribution >= 4 is 33.2 Å². The fraction of sp³-hybridized carbons (Fsp3) is 0.263. The molecule has 1 heterocycles. The predicted molar refractivity (Wildman–Crippen MR) is 111 cm³/mol. The minimum absolute atomic E-state index is 0.180. The number of thioether (sulfide) groups is 1. The molecule has 0 atom stereocenters. The van der Waals surface area contributed by atoms with Crippen LogP contribution in [0.1, 0.15) is 12.2 Å². The molecular formula is C19H20ClN3O3S2. The average Bonchev–Trinajstić information content (AvgIpc) is 3.03. The molecule has 28 heavy (non-hydrogen) atoms. The van der Waals surface area contributed by atoms with Crippen molar-refractivity contribution in [1.82, 2.24) is 14.8 Å². The lowest BCUT2D eigenvalue weighted by Gasteiger charge is -2.07. The molecule has 0 spiro atoms. The maximum Gasteiger partial charge on any atom is 0.190 e. The largest absolute Gasteiger partial charge is 0.494 e. The van der Waals surface area contributed by atoms with Gasteiger partial charge in [-0.2, -0.15) is 0 Å². The van der Waals surface area contributed by atoms with Crippen molar-refractivity contribution in [2.75, 3.05) is 12.4 Å². The zero-order valence-electron chi connectivity index (χ0n) is 15.3. The van der Waals surface area contributed by atoms with Gasteiger partial charge in [-0.05, 0) is 42.8 Å². The SMILES string of the molecule is Cn1c(CS(=O)(=O)c2ccccc2)nnc1SCCCOc1ccc(Cl)cc1. The first kappa shape index (κ1) is 20.7. The van der Waals surface area contributed by atoms with Crippen molar-refractivity contribution in [3.63, 3.8) is 0 Å². The topological polar surface area (TPSA) is 74.1 Å². The molecule has 0 radical (unpaired) electrons. The smallest absolute Gasteiger partial charge is 0.190 e. The molecule has 0 aliphatic carbocycles. The predicted octanol–water partition coefficient (Wildman–Crippen LogP) is 4.00. The van der Waals surface area contributed by atoms with Gasteiger partial charge in [0.25, 0.3) is 0 Å². The van der Waals surface area contributed by atoms with E-state index < -0.39 is 9.84 Å². The number of nitrogens with zero attached hydrogens (tertiary/aromatic N) is 3. The average molecular weight is 438 g/mol. The molecule has 3 aromatic rings. The van der Waals surface area contributed by atoms with Gasteiger partial charge in [0, 0.05) is 17.8 Å². The van der Waals surface area contributed by atoms with Crippen LogP contribution < -0.4 is 4.74 Å². The third kappa shape index (κ3) is 5.50. The first-order chi connectivity index (χ1) is 13.5. The van der Waals surface area contributed by atoms with Crippen molar-refractivity contribution in [3.8, 4) is 5.75 Å². The maximum atomic E-state index is 12.5. The Balaban J connectivity index is 1.50. The number of hydrogen-bond acceptors (Lipinski definition) is 6. The van der Waals surface area contributed by atoms with Gasteiger partial charge in [0.1, 0.15) is 17.3 Å². The fourth-order valence-electron chi connectivity index (χ4n) is 2.42. The second-order valence-corrected chi connectivity index (χ2v) is 9.52. The van der Waals surface area contributed by atoms with Crippen LogP contribution in [0.3, 0.4) is 0 Å². The van der Waals surface area contributed by atoms with Gasteiger partial charge >= 0.3 is 0 Å². The van der Waals surface area contributed by atoms with Crippen molar-refractivity contribution in [2.24, 2.45) is 7.05 Å². The van der Waals surface area contributed by atoms with Crippen LogP contribution in [0, 0.1) is 0 Å². The molecule has 0 saturated heterocycles. The van der Waals surface area contributed by atoms with Crippen molar-refractivity contribution in [3.05, 3.63) is 65.4 Å². The Morgan fingerprint density at radius 3 is 2.50 bits per heavy atom. The second kappa shape index (κ2) is 9.45. The fourth-order valence-corrected chi connectivity index (χ4v) is 4.72. The van der Waals surface area contributed by atoms with Crippen molar-refractivity contribution in [2.45, 2.75) is 22.2 Å². The standard InChI is InChI=1S/C19H20ClN3O3S2/c1-23-18(14-28(24,25)17-6-3-2-4-7-17)21-22-19(23)27-13-5-12-26-16-10-8-15(20)9-11-16/h2-4,6-11H,5,12-14H2,1H3. The number of sulfone groups is 1. The molecule has 148 valence electrons. The van der Waals surface area contributed by atoms with Crippen LogP contribution in [-0.4, -0.2) is 35.5 Å². The summed E-state index contributed by atoms with van der Waals surface area (Å²) in [7, 11) is -1.67. The van der Waals surface area contributed by atoms with Crippen LogP contribution >= 0.6 is 23.4 Å². The Morgan fingerprint density at radius 2 is 1.79 bits per heavy atom. The second-order valence-electron chi connectivity index (χ2n) is 6.03. The summed E-state index contributed by atoms with van der Waals surface area (Å²) in [6, 6.07) is 15.6. The highest BCUT2D eigenvalue weighted by Crippen LogP contribution is 2.21. The van der Waals surface area contributed by atoms with Gasteiger partial charge in [-0.25, -0.2) is 8.42 Å². The van der Waals surface area contributed by atoms with E-state index in [1.807, 2.05) is 12.1 Å². The molecular weight excluding hydrogens is 418 g/mol. The summed E-state index contributed by atoms with van der Waals surface area (Å²) in [5.41, 5.74) is 0. The lowest BCUT2D eigenvalue weighted by atomic mass is 10.3. The number of halogens is 1. The highest BCUT2D eigenvalue weighted by molar-refractivity contribution is 7.99. The molecule has 9 heteroatoms. The number of rotatable bonds is 9. The number of aromatic nitrogens is 3. The zero-order chi connectivity index (χ0) is 20.0. The van der Waals surface area contributed by atoms with E-state index >= 15 is 0 Å². The van der Waals surface area contributed by atoms with Crippen LogP contribution in [0.2, 0.25) is 5.02 Å². The van der Waals surface area contributed by atoms with Gasteiger partial charge in [0.2, 0.25) is 0 Å². The highest BCUT2D eigenvalue weighted by Gasteiger charge is 2.20. The molecule has 0 saturated carbocycles. The Hall–Kier alpha value is -2.03. The van der Waals surface area contributed by atoms with E-state index in [-0.39, 0.29) is 10.6 Å². The van der Waals surface area contributed by atoms with E-state index in [1.165, 1.54) is 11.8 Å². The van der Waals surface area contributed by atoms with E-state index in [1.54, 1.807) is 54.1 Å². The summed E-state index contributed by atoms with van der Waals surface area (Å²) in [6.45, 7) is 0.571. The first-order valence-corrected chi connectivity index (χ1v) is 11.6. The van der Waals surface area contributed by atoms with Gasteiger partial charge < -0.3 is 9.30 Å². The summed E-state index contributed by atoms with van der Waals surface area (Å²) < 4.78 is 32.4. The maximum absolute atomic E-state index is 12.5. The minimum atomic E-state index is -3.45. The van der Waals surface area contributed by atoms with Crippen molar-refractivity contribution < 1.29 is 13.2 Å². The molecule has 3 rings (SSSR count). The molecule has 0 N–H and O–H groups in total. The number of hydrogen-bond donors (Lipinski definition) is 0. The third-order valence-electron chi connectivity index (χ3n) is 3.95. The van der Waals surface area contributed by atoms with Crippen LogP contribution in [-0.2, 0) is 22.6 Å². The van der Waals surface area contributed by atoms with Crippen LogP contribution in [0.15, 0.2) is 64.6 Å². The van der Waals surface area contributed by atoms with Crippen molar-refractivity contribution in [1.29, 1.82) is 0 Å². The summed E-state index contributed by atoms with van der Waals surface area (Å²) >= 11 is 7.36. The quantitative estimate of drug-likeness (QED) is 0.372. The van der Waals surface area contributed by atoms with E-state index in [0.29, 0.717) is 22.6 Å². The molecule has 2 aromatic carbocycles. The molecule has 0 amide bonds. The Labute approximate surface area is 173 Å². The van der Waals surface area contributed by atoms with Gasteiger partial charge in [0.05, 0.1) is 11.5 Å². The van der Waals surface area contributed by atoms with E-state index in [4.69, 9.17) is 16.3 Å². The number of benzene rings is 2. The summed E-state index contributed by atoms with van der Waals surface area (Å²) in [6.07, 6.45) is 0.817. The molecule has 0 aliphatic heterocycles. The van der Waals surface area contributed by atoms with E-state index in [2.05, 4.69) is 10.2 Å². The normalized spacial score (nSPS) is 11.5. The monoisotopic (exact) mass is 437 g/mol.